The number of nitrogens with zero attached hydrogens (tertiary/aromatic N) is 1. The van der Waals surface area contributed by atoms with Crippen LogP contribution < -0.4 is 5.73 Å². The molecule has 1 heterocycles. The third-order valence-electron chi connectivity index (χ3n) is 2.30. The molecule has 1 aliphatic heterocycles. The smallest absolute Gasteiger partial charge is 0.416 e. The van der Waals surface area contributed by atoms with Crippen molar-refractivity contribution in [2.24, 2.45) is 10.7 Å². The van der Waals surface area contributed by atoms with E-state index in [1.165, 1.54) is 18.2 Å². The van der Waals surface area contributed by atoms with Gasteiger partial charge in [0, 0.05) is 0 Å². The maximum Gasteiger partial charge on any atom is 0.416 e. The monoisotopic (exact) mass is 230 g/mol. The van der Waals surface area contributed by atoms with Crippen LogP contribution in [0.25, 0.3) is 0 Å². The molecule has 0 saturated heterocycles. The van der Waals surface area contributed by atoms with Crippen molar-refractivity contribution >= 4 is 6.02 Å². The predicted molar refractivity (Wildman–Crippen MR) is 51.8 cm³/mol. The standard InChI is InChI=1S/C10H9F3N2O/c11-10(12,13)7-4-2-1-3-6(7)8-5-16-9(14)15-8/h1-4,8H,5H2,(H2,14,15). The molecule has 6 heteroatoms. The molecule has 0 aliphatic carbocycles. The zero-order valence-electron chi connectivity index (χ0n) is 8.16. The summed E-state index contributed by atoms with van der Waals surface area (Å²) in [6.07, 6.45) is -4.39. The van der Waals surface area contributed by atoms with Crippen molar-refractivity contribution in [3.63, 3.8) is 0 Å². The van der Waals surface area contributed by atoms with E-state index in [1.807, 2.05) is 0 Å². The molecular formula is C10H9F3N2O. The Labute approximate surface area is 89.7 Å². The summed E-state index contributed by atoms with van der Waals surface area (Å²) in [6, 6.07) is 4.56. The van der Waals surface area contributed by atoms with E-state index in [4.69, 9.17) is 10.5 Å². The van der Waals surface area contributed by atoms with Gasteiger partial charge in [0.25, 0.3) is 6.02 Å². The van der Waals surface area contributed by atoms with E-state index < -0.39 is 17.8 Å². The van der Waals surface area contributed by atoms with Gasteiger partial charge in [-0.1, -0.05) is 18.2 Å². The minimum absolute atomic E-state index is 0.0545. The molecule has 0 amide bonds. The van der Waals surface area contributed by atoms with Crippen molar-refractivity contribution in [1.82, 2.24) is 0 Å². The number of amidine groups is 1. The largest absolute Gasteiger partial charge is 0.463 e. The van der Waals surface area contributed by atoms with Crippen molar-refractivity contribution in [3.05, 3.63) is 35.4 Å². The first-order valence-electron chi connectivity index (χ1n) is 4.60. The van der Waals surface area contributed by atoms with Gasteiger partial charge >= 0.3 is 6.18 Å². The van der Waals surface area contributed by atoms with Gasteiger partial charge in [-0.3, -0.25) is 0 Å². The Bertz CT molecular complexity index is 428. The third-order valence-corrected chi connectivity index (χ3v) is 2.30. The average molecular weight is 230 g/mol. The van der Waals surface area contributed by atoms with Crippen molar-refractivity contribution in [1.29, 1.82) is 0 Å². The van der Waals surface area contributed by atoms with Gasteiger partial charge in [0.05, 0.1) is 5.56 Å². The second kappa shape index (κ2) is 3.70. The first kappa shape index (κ1) is 10.8. The summed E-state index contributed by atoms with van der Waals surface area (Å²) >= 11 is 0. The molecule has 2 N–H and O–H groups in total. The Balaban J connectivity index is 2.41. The summed E-state index contributed by atoms with van der Waals surface area (Å²) in [7, 11) is 0. The van der Waals surface area contributed by atoms with Crippen LogP contribution in [0.1, 0.15) is 17.2 Å². The van der Waals surface area contributed by atoms with Gasteiger partial charge in [-0.25, -0.2) is 4.99 Å². The lowest BCUT2D eigenvalue weighted by molar-refractivity contribution is -0.138. The van der Waals surface area contributed by atoms with E-state index in [0.29, 0.717) is 0 Å². The molecule has 0 fully saturated rings. The van der Waals surface area contributed by atoms with Crippen LogP contribution >= 0.6 is 0 Å². The number of alkyl halides is 3. The number of halogens is 3. The van der Waals surface area contributed by atoms with E-state index in [9.17, 15) is 13.2 Å². The van der Waals surface area contributed by atoms with Gasteiger partial charge in [0.2, 0.25) is 0 Å². The maximum absolute atomic E-state index is 12.7. The van der Waals surface area contributed by atoms with E-state index in [0.717, 1.165) is 6.07 Å². The van der Waals surface area contributed by atoms with Crippen LogP contribution in [0.2, 0.25) is 0 Å². The van der Waals surface area contributed by atoms with E-state index >= 15 is 0 Å². The summed E-state index contributed by atoms with van der Waals surface area (Å²) < 4.78 is 42.9. The van der Waals surface area contributed by atoms with Crippen LogP contribution in [0.3, 0.4) is 0 Å². The van der Waals surface area contributed by atoms with Crippen molar-refractivity contribution in [2.75, 3.05) is 6.61 Å². The first-order valence-corrected chi connectivity index (χ1v) is 4.60. The fraction of sp³-hybridized carbons (Fsp3) is 0.300. The van der Waals surface area contributed by atoms with E-state index in [2.05, 4.69) is 4.99 Å². The van der Waals surface area contributed by atoms with Crippen molar-refractivity contribution in [3.8, 4) is 0 Å². The second-order valence-electron chi connectivity index (χ2n) is 3.38. The van der Waals surface area contributed by atoms with Crippen LogP contribution in [0.4, 0.5) is 13.2 Å². The van der Waals surface area contributed by atoms with Crippen LogP contribution in [0.15, 0.2) is 29.3 Å². The normalized spacial score (nSPS) is 20.4. The number of ether oxygens (including phenoxy) is 1. The SMILES string of the molecule is NC1=NC(c2ccccc2C(F)(F)F)CO1. The van der Waals surface area contributed by atoms with Crippen LogP contribution in [-0.4, -0.2) is 12.6 Å². The Morgan fingerprint density at radius 1 is 1.31 bits per heavy atom. The summed E-state index contributed by atoms with van der Waals surface area (Å²) in [5, 5.41) is 0. The number of nitrogens with two attached hydrogens (primary N) is 1. The lowest BCUT2D eigenvalue weighted by atomic mass is 10.0. The minimum Gasteiger partial charge on any atom is -0.463 e. The Hall–Kier alpha value is -1.72. The highest BCUT2D eigenvalue weighted by molar-refractivity contribution is 5.73. The van der Waals surface area contributed by atoms with Crippen LogP contribution in [-0.2, 0) is 10.9 Å². The van der Waals surface area contributed by atoms with Crippen molar-refractivity contribution < 1.29 is 17.9 Å². The lowest BCUT2D eigenvalue weighted by Crippen LogP contribution is -2.12. The molecule has 0 radical (unpaired) electrons. The molecule has 0 spiro atoms. The topological polar surface area (TPSA) is 47.6 Å². The average Bonchev–Trinajstić information content (AvgIpc) is 2.64. The molecule has 86 valence electrons. The molecule has 0 aromatic heterocycles. The van der Waals surface area contributed by atoms with Gasteiger partial charge in [-0.05, 0) is 11.6 Å². The number of aliphatic imine (C=N–C) groups is 1. The molecule has 1 atom stereocenters. The van der Waals surface area contributed by atoms with E-state index in [-0.39, 0.29) is 18.2 Å². The summed E-state index contributed by atoms with van der Waals surface area (Å²) in [5.41, 5.74) is 4.67. The number of hydrogen-bond donors (Lipinski definition) is 1. The number of benzene rings is 1. The third kappa shape index (κ3) is 1.95. The highest BCUT2D eigenvalue weighted by Crippen LogP contribution is 2.36. The second-order valence-corrected chi connectivity index (χ2v) is 3.38. The molecule has 3 nitrogen and oxygen atoms in total. The Morgan fingerprint density at radius 2 is 2.00 bits per heavy atom. The summed E-state index contributed by atoms with van der Waals surface area (Å²) in [4.78, 5) is 3.81. The predicted octanol–water partition coefficient (Wildman–Crippen LogP) is 2.09. The highest BCUT2D eigenvalue weighted by atomic mass is 19.4. The van der Waals surface area contributed by atoms with Gasteiger partial charge in [-0.15, -0.1) is 0 Å². The van der Waals surface area contributed by atoms with Crippen molar-refractivity contribution in [2.45, 2.75) is 12.2 Å². The Morgan fingerprint density at radius 3 is 2.56 bits per heavy atom. The summed E-state index contributed by atoms with van der Waals surface area (Å²) in [5.74, 6) is 0. The molecule has 1 aliphatic rings. The van der Waals surface area contributed by atoms with Gasteiger partial charge in [0.1, 0.15) is 12.6 Å². The molecule has 1 aromatic carbocycles. The van der Waals surface area contributed by atoms with Gasteiger partial charge in [-0.2, -0.15) is 13.2 Å². The number of rotatable bonds is 1. The molecule has 2 rings (SSSR count). The zero-order valence-corrected chi connectivity index (χ0v) is 8.16. The zero-order chi connectivity index (χ0) is 11.8. The summed E-state index contributed by atoms with van der Waals surface area (Å²) in [6.45, 7) is 0.0545. The number of hydrogen-bond acceptors (Lipinski definition) is 3. The first-order chi connectivity index (χ1) is 7.48. The molecule has 16 heavy (non-hydrogen) atoms. The highest BCUT2D eigenvalue weighted by Gasteiger charge is 2.36. The Kier molecular flexibility index (Phi) is 2.49. The molecule has 0 saturated carbocycles. The van der Waals surface area contributed by atoms with Gasteiger partial charge in [0.15, 0.2) is 0 Å². The molecule has 1 unspecified atom stereocenters. The van der Waals surface area contributed by atoms with E-state index in [1.54, 1.807) is 0 Å². The quantitative estimate of drug-likeness (QED) is 0.803. The maximum atomic E-state index is 12.7. The molecule has 0 bridgehead atoms. The fourth-order valence-corrected chi connectivity index (χ4v) is 1.60. The molecule has 1 aromatic rings. The van der Waals surface area contributed by atoms with Gasteiger partial charge < -0.3 is 10.5 Å². The fourth-order valence-electron chi connectivity index (χ4n) is 1.60. The molecular weight excluding hydrogens is 221 g/mol. The van der Waals surface area contributed by atoms with Crippen LogP contribution in [0, 0.1) is 0 Å². The minimum atomic E-state index is -4.39. The van der Waals surface area contributed by atoms with Crippen LogP contribution in [0.5, 0.6) is 0 Å². The lowest BCUT2D eigenvalue weighted by Gasteiger charge is -2.14.